The third-order valence-corrected chi connectivity index (χ3v) is 3.72. The molecule has 0 bridgehead atoms. The standard InChI is InChI=1S/C17H16F3N3O5/c18-17(19,20)15(27)28-16(21,10-11-4-2-1-3-5-11)14(26)22-8-9-23-12(24)6-7-13(23)25/h1-7H,8-10,21H2,(H,22,26)/t16-/m0/s1. The number of halogens is 3. The minimum atomic E-state index is -5.35. The van der Waals surface area contributed by atoms with E-state index in [0.29, 0.717) is 5.56 Å². The van der Waals surface area contributed by atoms with Gasteiger partial charge in [0.1, 0.15) is 0 Å². The molecule has 1 aromatic rings. The van der Waals surface area contributed by atoms with Gasteiger partial charge < -0.3 is 10.1 Å². The summed E-state index contributed by atoms with van der Waals surface area (Å²) in [5, 5.41) is 2.19. The molecule has 2 rings (SSSR count). The Hall–Kier alpha value is -3.21. The summed E-state index contributed by atoms with van der Waals surface area (Å²) < 4.78 is 42.0. The number of esters is 1. The fourth-order valence-electron chi connectivity index (χ4n) is 2.37. The number of carbonyl (C=O) groups is 4. The number of ether oxygens (including phenoxy) is 1. The highest BCUT2D eigenvalue weighted by Gasteiger charge is 2.48. The zero-order chi connectivity index (χ0) is 20.9. The number of nitrogens with two attached hydrogens (primary N) is 1. The maximum absolute atomic E-state index is 12.6. The summed E-state index contributed by atoms with van der Waals surface area (Å²) in [6.45, 7) is -0.527. The average molecular weight is 399 g/mol. The summed E-state index contributed by atoms with van der Waals surface area (Å²) in [6, 6.07) is 7.75. The van der Waals surface area contributed by atoms with E-state index in [2.05, 4.69) is 10.1 Å². The predicted octanol–water partition coefficient (Wildman–Crippen LogP) is 0.0308. The second kappa shape index (κ2) is 8.21. The Kier molecular flexibility index (Phi) is 6.19. The zero-order valence-electron chi connectivity index (χ0n) is 14.4. The molecule has 1 atom stereocenters. The highest BCUT2D eigenvalue weighted by atomic mass is 19.4. The highest BCUT2D eigenvalue weighted by molar-refractivity contribution is 6.12. The minimum Gasteiger partial charge on any atom is -0.427 e. The molecule has 3 N–H and O–H groups in total. The van der Waals surface area contributed by atoms with Crippen LogP contribution in [0.3, 0.4) is 0 Å². The van der Waals surface area contributed by atoms with Crippen molar-refractivity contribution in [3.63, 3.8) is 0 Å². The van der Waals surface area contributed by atoms with Gasteiger partial charge in [-0.15, -0.1) is 0 Å². The third kappa shape index (κ3) is 5.16. The summed E-state index contributed by atoms with van der Waals surface area (Å²) in [4.78, 5) is 47.3. The lowest BCUT2D eigenvalue weighted by Gasteiger charge is -2.28. The van der Waals surface area contributed by atoms with Crippen molar-refractivity contribution in [3.8, 4) is 0 Å². The van der Waals surface area contributed by atoms with Crippen LogP contribution in [0.2, 0.25) is 0 Å². The van der Waals surface area contributed by atoms with Crippen LogP contribution < -0.4 is 11.1 Å². The molecule has 28 heavy (non-hydrogen) atoms. The number of nitrogens with one attached hydrogen (secondary N) is 1. The van der Waals surface area contributed by atoms with E-state index in [1.54, 1.807) is 18.2 Å². The first-order valence-corrected chi connectivity index (χ1v) is 7.98. The molecule has 0 saturated heterocycles. The Morgan fingerprint density at radius 1 is 1.07 bits per heavy atom. The Bertz CT molecular complexity index is 792. The van der Waals surface area contributed by atoms with Crippen molar-refractivity contribution >= 4 is 23.7 Å². The number of alkyl halides is 3. The summed E-state index contributed by atoms with van der Waals surface area (Å²) in [5.41, 5.74) is 3.41. The van der Waals surface area contributed by atoms with E-state index in [9.17, 15) is 32.3 Å². The van der Waals surface area contributed by atoms with Crippen LogP contribution in [-0.2, 0) is 30.3 Å². The number of amides is 3. The van der Waals surface area contributed by atoms with E-state index in [-0.39, 0.29) is 13.1 Å². The van der Waals surface area contributed by atoms with Gasteiger partial charge in [-0.3, -0.25) is 25.0 Å². The van der Waals surface area contributed by atoms with E-state index in [1.807, 2.05) is 0 Å². The molecule has 150 valence electrons. The Morgan fingerprint density at radius 3 is 2.18 bits per heavy atom. The lowest BCUT2D eigenvalue weighted by Crippen LogP contribution is -2.60. The maximum atomic E-state index is 12.6. The molecular weight excluding hydrogens is 383 g/mol. The van der Waals surface area contributed by atoms with Crippen LogP contribution in [0.1, 0.15) is 5.56 Å². The van der Waals surface area contributed by atoms with Gasteiger partial charge in [0.15, 0.2) is 0 Å². The highest BCUT2D eigenvalue weighted by Crippen LogP contribution is 2.22. The number of imide groups is 1. The Morgan fingerprint density at radius 2 is 1.64 bits per heavy atom. The van der Waals surface area contributed by atoms with Crippen molar-refractivity contribution in [2.45, 2.75) is 18.3 Å². The van der Waals surface area contributed by atoms with Crippen LogP contribution in [-0.4, -0.2) is 53.6 Å². The fraction of sp³-hybridized carbons (Fsp3) is 0.294. The van der Waals surface area contributed by atoms with Crippen molar-refractivity contribution in [3.05, 3.63) is 48.0 Å². The van der Waals surface area contributed by atoms with E-state index in [1.165, 1.54) is 12.1 Å². The molecule has 0 aliphatic carbocycles. The second-order valence-electron chi connectivity index (χ2n) is 5.86. The van der Waals surface area contributed by atoms with Gasteiger partial charge in [0, 0.05) is 31.7 Å². The molecule has 1 aliphatic heterocycles. The number of nitrogens with zero attached hydrogens (tertiary/aromatic N) is 1. The Labute approximate surface area is 157 Å². The van der Waals surface area contributed by atoms with Crippen molar-refractivity contribution in [1.82, 2.24) is 10.2 Å². The molecule has 3 amide bonds. The van der Waals surface area contributed by atoms with Crippen LogP contribution in [0.4, 0.5) is 13.2 Å². The fourth-order valence-corrected chi connectivity index (χ4v) is 2.37. The molecule has 0 spiro atoms. The smallest absolute Gasteiger partial charge is 0.427 e. The average Bonchev–Trinajstić information content (AvgIpc) is 2.93. The lowest BCUT2D eigenvalue weighted by molar-refractivity contribution is -0.214. The van der Waals surface area contributed by atoms with Crippen molar-refractivity contribution in [1.29, 1.82) is 0 Å². The molecule has 0 unspecified atom stereocenters. The van der Waals surface area contributed by atoms with Gasteiger partial charge in [-0.25, -0.2) is 4.79 Å². The van der Waals surface area contributed by atoms with Gasteiger partial charge in [-0.05, 0) is 5.56 Å². The largest absolute Gasteiger partial charge is 0.491 e. The van der Waals surface area contributed by atoms with Crippen LogP contribution in [0, 0.1) is 0 Å². The first-order chi connectivity index (χ1) is 13.0. The summed E-state index contributed by atoms with van der Waals surface area (Å²) >= 11 is 0. The van der Waals surface area contributed by atoms with Gasteiger partial charge in [-0.2, -0.15) is 13.2 Å². The van der Waals surface area contributed by atoms with Crippen LogP contribution in [0.25, 0.3) is 0 Å². The second-order valence-corrected chi connectivity index (χ2v) is 5.86. The first kappa shape index (κ1) is 21.1. The molecule has 8 nitrogen and oxygen atoms in total. The molecule has 1 aromatic carbocycles. The number of rotatable bonds is 7. The molecule has 0 fully saturated rings. The van der Waals surface area contributed by atoms with Crippen LogP contribution >= 0.6 is 0 Å². The van der Waals surface area contributed by atoms with E-state index in [4.69, 9.17) is 5.73 Å². The molecule has 1 aliphatic rings. The van der Waals surface area contributed by atoms with E-state index >= 15 is 0 Å². The zero-order valence-corrected chi connectivity index (χ0v) is 14.4. The van der Waals surface area contributed by atoms with Gasteiger partial charge in [0.2, 0.25) is 5.72 Å². The summed E-state index contributed by atoms with van der Waals surface area (Å²) in [6.07, 6.45) is -3.79. The number of carbonyl (C=O) groups excluding carboxylic acids is 4. The Balaban J connectivity index is 2.08. The van der Waals surface area contributed by atoms with Crippen LogP contribution in [0.15, 0.2) is 42.5 Å². The number of hydrogen-bond acceptors (Lipinski definition) is 6. The normalized spacial score (nSPS) is 16.1. The number of hydrogen-bond donors (Lipinski definition) is 2. The van der Waals surface area contributed by atoms with Crippen molar-refractivity contribution in [2.24, 2.45) is 5.73 Å². The summed E-state index contributed by atoms with van der Waals surface area (Å²) in [5.74, 6) is -5.01. The molecule has 11 heteroatoms. The van der Waals surface area contributed by atoms with E-state index in [0.717, 1.165) is 17.1 Å². The van der Waals surface area contributed by atoms with Crippen molar-refractivity contribution < 1.29 is 37.1 Å². The maximum Gasteiger partial charge on any atom is 0.491 e. The first-order valence-electron chi connectivity index (χ1n) is 7.98. The molecule has 0 aromatic heterocycles. The third-order valence-electron chi connectivity index (χ3n) is 3.72. The molecule has 0 radical (unpaired) electrons. The molecule has 1 heterocycles. The van der Waals surface area contributed by atoms with Crippen molar-refractivity contribution in [2.75, 3.05) is 13.1 Å². The monoisotopic (exact) mass is 399 g/mol. The van der Waals surface area contributed by atoms with Gasteiger partial charge in [0.05, 0.1) is 0 Å². The SMILES string of the molecule is N[C@@](Cc1ccccc1)(OC(=O)C(F)(F)F)C(=O)NCCN1C(=O)C=CC1=O. The topological polar surface area (TPSA) is 119 Å². The number of benzene rings is 1. The van der Waals surface area contributed by atoms with Gasteiger partial charge in [-0.1, -0.05) is 30.3 Å². The molecular formula is C17H16F3N3O5. The van der Waals surface area contributed by atoms with Gasteiger partial charge >= 0.3 is 12.1 Å². The summed E-state index contributed by atoms with van der Waals surface area (Å²) in [7, 11) is 0. The minimum absolute atomic E-state index is 0.231. The van der Waals surface area contributed by atoms with E-state index < -0.39 is 42.0 Å². The van der Waals surface area contributed by atoms with Crippen LogP contribution in [0.5, 0.6) is 0 Å². The molecule has 0 saturated carbocycles. The predicted molar refractivity (Wildman–Crippen MR) is 88.1 cm³/mol. The lowest BCUT2D eigenvalue weighted by atomic mass is 10.0. The quantitative estimate of drug-likeness (QED) is 0.379. The van der Waals surface area contributed by atoms with Gasteiger partial charge in [0.25, 0.3) is 17.7 Å².